The third-order valence-corrected chi connectivity index (χ3v) is 2.50. The van der Waals surface area contributed by atoms with Gasteiger partial charge in [-0.15, -0.1) is 0 Å². The summed E-state index contributed by atoms with van der Waals surface area (Å²) in [6.07, 6.45) is -0.200. The van der Waals surface area contributed by atoms with Crippen LogP contribution in [0.25, 0.3) is 0 Å². The summed E-state index contributed by atoms with van der Waals surface area (Å²) in [5, 5.41) is 17.2. The van der Waals surface area contributed by atoms with Crippen molar-refractivity contribution in [2.75, 3.05) is 0 Å². The average Bonchev–Trinajstić information content (AvgIpc) is 1.82. The number of carboxylic acid groups (broad SMARTS) is 2. The molecular formula is C9H16O4Y. The SMILES string of the molecule is CC(C)C(C)(CC(=O)O)CC(=O)O.[Y]. The molecule has 0 aromatic rings. The Hall–Kier alpha value is 0.0439. The van der Waals surface area contributed by atoms with Crippen molar-refractivity contribution in [2.45, 2.75) is 33.6 Å². The third-order valence-electron chi connectivity index (χ3n) is 2.50. The standard InChI is InChI=1S/C9H16O4.Y/c1-6(2)9(3,4-7(10)11)5-8(12)13;/h6H,4-5H2,1-3H3,(H,10,11)(H,12,13);. The van der Waals surface area contributed by atoms with Gasteiger partial charge in [0, 0.05) is 32.7 Å². The maximum atomic E-state index is 10.5. The quantitative estimate of drug-likeness (QED) is 0.800. The van der Waals surface area contributed by atoms with E-state index in [9.17, 15) is 9.59 Å². The topological polar surface area (TPSA) is 74.6 Å². The number of rotatable bonds is 5. The molecule has 0 heterocycles. The van der Waals surface area contributed by atoms with Crippen molar-refractivity contribution in [3.8, 4) is 0 Å². The second-order valence-electron chi connectivity index (χ2n) is 3.95. The molecule has 2 N–H and O–H groups in total. The van der Waals surface area contributed by atoms with Crippen LogP contribution in [0.2, 0.25) is 0 Å². The first kappa shape index (κ1) is 16.5. The van der Waals surface area contributed by atoms with Gasteiger partial charge in [-0.1, -0.05) is 20.8 Å². The summed E-state index contributed by atoms with van der Waals surface area (Å²) in [5.41, 5.74) is -0.655. The maximum Gasteiger partial charge on any atom is 0.303 e. The summed E-state index contributed by atoms with van der Waals surface area (Å²) in [6, 6.07) is 0. The molecule has 0 atom stereocenters. The number of hydrogen-bond donors (Lipinski definition) is 2. The van der Waals surface area contributed by atoms with Crippen LogP contribution in [0.4, 0.5) is 0 Å². The van der Waals surface area contributed by atoms with Gasteiger partial charge in [-0.25, -0.2) is 0 Å². The number of hydrogen-bond acceptors (Lipinski definition) is 2. The predicted octanol–water partition coefficient (Wildman–Crippen LogP) is 1.60. The zero-order valence-corrected chi connectivity index (χ0v) is 11.6. The van der Waals surface area contributed by atoms with E-state index in [0.29, 0.717) is 0 Å². The third kappa shape index (κ3) is 5.71. The Morgan fingerprint density at radius 2 is 1.43 bits per heavy atom. The zero-order valence-electron chi connectivity index (χ0n) is 8.78. The van der Waals surface area contributed by atoms with Gasteiger partial charge >= 0.3 is 11.9 Å². The zero-order chi connectivity index (χ0) is 10.6. The Morgan fingerprint density at radius 3 is 1.57 bits per heavy atom. The van der Waals surface area contributed by atoms with E-state index in [1.165, 1.54) is 0 Å². The van der Waals surface area contributed by atoms with Gasteiger partial charge < -0.3 is 10.2 Å². The molecule has 0 unspecified atom stereocenters. The fraction of sp³-hybridized carbons (Fsp3) is 0.778. The summed E-state index contributed by atoms with van der Waals surface area (Å²) < 4.78 is 0. The predicted molar refractivity (Wildman–Crippen MR) is 47.5 cm³/mol. The van der Waals surface area contributed by atoms with E-state index in [4.69, 9.17) is 10.2 Å². The first-order valence-corrected chi connectivity index (χ1v) is 4.21. The van der Waals surface area contributed by atoms with E-state index in [1.807, 2.05) is 13.8 Å². The molecule has 0 rings (SSSR count). The van der Waals surface area contributed by atoms with E-state index in [0.717, 1.165) is 0 Å². The summed E-state index contributed by atoms with van der Waals surface area (Å²) in [6.45, 7) is 5.37. The molecule has 0 aliphatic rings. The van der Waals surface area contributed by atoms with Gasteiger partial charge in [-0.05, 0) is 11.3 Å². The Balaban J connectivity index is 0. The molecule has 0 saturated carbocycles. The molecule has 0 bridgehead atoms. The van der Waals surface area contributed by atoms with Gasteiger partial charge in [-0.3, -0.25) is 9.59 Å². The molecule has 5 heteroatoms. The van der Waals surface area contributed by atoms with E-state index < -0.39 is 17.4 Å². The van der Waals surface area contributed by atoms with E-state index in [-0.39, 0.29) is 51.5 Å². The number of carbonyl (C=O) groups is 2. The van der Waals surface area contributed by atoms with Gasteiger partial charge in [0.1, 0.15) is 0 Å². The molecule has 0 aromatic carbocycles. The van der Waals surface area contributed by atoms with Crippen molar-refractivity contribution in [3.63, 3.8) is 0 Å². The maximum absolute atomic E-state index is 10.5. The Morgan fingerprint density at radius 1 is 1.14 bits per heavy atom. The van der Waals surface area contributed by atoms with Crippen LogP contribution in [-0.4, -0.2) is 22.2 Å². The minimum atomic E-state index is -0.947. The molecule has 4 nitrogen and oxygen atoms in total. The van der Waals surface area contributed by atoms with Gasteiger partial charge in [0.2, 0.25) is 0 Å². The van der Waals surface area contributed by atoms with Crippen molar-refractivity contribution >= 4 is 11.9 Å². The Labute approximate surface area is 109 Å². The monoisotopic (exact) mass is 277 g/mol. The molecule has 0 aliphatic heterocycles. The molecule has 0 saturated heterocycles. The van der Waals surface area contributed by atoms with E-state index >= 15 is 0 Å². The summed E-state index contributed by atoms with van der Waals surface area (Å²) in [4.78, 5) is 21.0. The van der Waals surface area contributed by atoms with Crippen LogP contribution in [0.15, 0.2) is 0 Å². The van der Waals surface area contributed by atoms with Crippen LogP contribution in [0.5, 0.6) is 0 Å². The largest absolute Gasteiger partial charge is 0.481 e. The van der Waals surface area contributed by atoms with Gasteiger partial charge in [0.05, 0.1) is 12.8 Å². The van der Waals surface area contributed by atoms with Crippen LogP contribution >= 0.6 is 0 Å². The molecule has 79 valence electrons. The Kier molecular flexibility index (Phi) is 7.66. The molecule has 14 heavy (non-hydrogen) atoms. The van der Waals surface area contributed by atoms with Crippen molar-refractivity contribution in [1.29, 1.82) is 0 Å². The van der Waals surface area contributed by atoms with Crippen molar-refractivity contribution < 1.29 is 52.5 Å². The smallest absolute Gasteiger partial charge is 0.303 e. The molecule has 0 amide bonds. The first-order valence-electron chi connectivity index (χ1n) is 4.21. The number of aliphatic carboxylic acids is 2. The first-order chi connectivity index (χ1) is 5.78. The Bertz CT molecular complexity index is 197. The summed E-state index contributed by atoms with van der Waals surface area (Å²) in [5.74, 6) is -1.85. The van der Waals surface area contributed by atoms with Gasteiger partial charge in [0.25, 0.3) is 0 Å². The van der Waals surface area contributed by atoms with Crippen molar-refractivity contribution in [1.82, 2.24) is 0 Å². The van der Waals surface area contributed by atoms with E-state index in [2.05, 4.69) is 0 Å². The van der Waals surface area contributed by atoms with Crippen LogP contribution in [0.1, 0.15) is 33.6 Å². The van der Waals surface area contributed by atoms with Crippen LogP contribution in [0, 0.1) is 11.3 Å². The molecule has 1 radical (unpaired) electrons. The summed E-state index contributed by atoms with van der Waals surface area (Å²) in [7, 11) is 0. The van der Waals surface area contributed by atoms with Crippen molar-refractivity contribution in [2.24, 2.45) is 11.3 Å². The summed E-state index contributed by atoms with van der Waals surface area (Å²) >= 11 is 0. The number of carboxylic acids is 2. The van der Waals surface area contributed by atoms with Gasteiger partial charge in [-0.2, -0.15) is 0 Å². The normalized spacial score (nSPS) is 10.9. The molecule has 0 aliphatic carbocycles. The minimum Gasteiger partial charge on any atom is -0.481 e. The second-order valence-corrected chi connectivity index (χ2v) is 3.95. The van der Waals surface area contributed by atoms with Crippen LogP contribution < -0.4 is 0 Å². The molecule has 0 aromatic heterocycles. The minimum absolute atomic E-state index is 0. The van der Waals surface area contributed by atoms with E-state index in [1.54, 1.807) is 6.92 Å². The van der Waals surface area contributed by atoms with Crippen LogP contribution in [0.3, 0.4) is 0 Å². The second kappa shape index (κ2) is 6.51. The molecule has 0 spiro atoms. The van der Waals surface area contributed by atoms with Gasteiger partial charge in [0.15, 0.2) is 0 Å². The molecule has 0 fully saturated rings. The fourth-order valence-electron chi connectivity index (χ4n) is 1.16. The van der Waals surface area contributed by atoms with Crippen molar-refractivity contribution in [3.05, 3.63) is 0 Å². The fourth-order valence-corrected chi connectivity index (χ4v) is 1.16. The molecular weight excluding hydrogens is 261 g/mol. The average molecular weight is 277 g/mol. The van der Waals surface area contributed by atoms with Crippen LogP contribution in [-0.2, 0) is 42.3 Å².